The standard InChI is InChI=1S/C25H25N3O3S/c1-17(2)32(30,31)20-15-13-19(14-16-20)25(29)27-23(18-9-5-4-6-10-18)24-26-21-11-7-8-12-22(21)28(24)3/h4-17,23H,1-3H3,(H,27,29). The molecule has 3 aromatic carbocycles. The summed E-state index contributed by atoms with van der Waals surface area (Å²) in [4.78, 5) is 18.1. The van der Waals surface area contributed by atoms with Crippen LogP contribution < -0.4 is 5.32 Å². The van der Waals surface area contributed by atoms with Crippen LogP contribution in [0.5, 0.6) is 0 Å². The number of imidazole rings is 1. The lowest BCUT2D eigenvalue weighted by molar-refractivity contribution is 0.0941. The third kappa shape index (κ3) is 4.03. The van der Waals surface area contributed by atoms with Gasteiger partial charge in [0.1, 0.15) is 11.9 Å². The monoisotopic (exact) mass is 447 g/mol. The molecule has 4 aromatic rings. The molecule has 32 heavy (non-hydrogen) atoms. The Bertz CT molecular complexity index is 1360. The number of aromatic nitrogens is 2. The van der Waals surface area contributed by atoms with Crippen molar-refractivity contribution in [3.05, 3.63) is 95.8 Å². The number of carbonyl (C=O) groups excluding carboxylic acids is 1. The molecule has 0 saturated carbocycles. The van der Waals surface area contributed by atoms with Gasteiger partial charge in [-0.2, -0.15) is 0 Å². The summed E-state index contributed by atoms with van der Waals surface area (Å²) in [5, 5.41) is 2.55. The maximum atomic E-state index is 13.1. The number of rotatable bonds is 6. The largest absolute Gasteiger partial charge is 0.338 e. The Hall–Kier alpha value is -3.45. The first-order valence-corrected chi connectivity index (χ1v) is 11.9. The second kappa shape index (κ2) is 8.59. The van der Waals surface area contributed by atoms with Crippen LogP contribution in [-0.4, -0.2) is 29.1 Å². The Morgan fingerprint density at radius 3 is 2.16 bits per heavy atom. The molecule has 1 heterocycles. The second-order valence-corrected chi connectivity index (χ2v) is 10.5. The summed E-state index contributed by atoms with van der Waals surface area (Å²) in [6.07, 6.45) is 0. The summed E-state index contributed by atoms with van der Waals surface area (Å²) in [6.45, 7) is 3.27. The van der Waals surface area contributed by atoms with Gasteiger partial charge in [-0.15, -0.1) is 0 Å². The number of nitrogens with zero attached hydrogens (tertiary/aromatic N) is 2. The van der Waals surface area contributed by atoms with Gasteiger partial charge in [-0.3, -0.25) is 4.79 Å². The van der Waals surface area contributed by atoms with Crippen molar-refractivity contribution in [1.29, 1.82) is 0 Å². The second-order valence-electron chi connectivity index (χ2n) is 7.95. The highest BCUT2D eigenvalue weighted by Crippen LogP contribution is 2.25. The third-order valence-electron chi connectivity index (χ3n) is 5.55. The van der Waals surface area contributed by atoms with Crippen LogP contribution >= 0.6 is 0 Å². The van der Waals surface area contributed by atoms with Crippen LogP contribution in [0.4, 0.5) is 0 Å². The molecule has 0 aliphatic rings. The number of aryl methyl sites for hydroxylation is 1. The predicted octanol–water partition coefficient (Wildman–Crippen LogP) is 4.27. The van der Waals surface area contributed by atoms with Gasteiger partial charge in [0.25, 0.3) is 5.91 Å². The van der Waals surface area contributed by atoms with E-state index in [1.54, 1.807) is 26.0 Å². The zero-order valence-corrected chi connectivity index (χ0v) is 19.0. The minimum atomic E-state index is -3.39. The third-order valence-corrected chi connectivity index (χ3v) is 7.72. The molecule has 6 nitrogen and oxygen atoms in total. The lowest BCUT2D eigenvalue weighted by Crippen LogP contribution is -2.31. The first-order valence-electron chi connectivity index (χ1n) is 10.4. The van der Waals surface area contributed by atoms with Gasteiger partial charge >= 0.3 is 0 Å². The maximum absolute atomic E-state index is 13.1. The number of nitrogens with one attached hydrogen (secondary N) is 1. The van der Waals surface area contributed by atoms with Crippen molar-refractivity contribution in [3.8, 4) is 0 Å². The number of benzene rings is 3. The summed E-state index contributed by atoms with van der Waals surface area (Å²) < 4.78 is 26.7. The molecular formula is C25H25N3O3S. The van der Waals surface area contributed by atoms with E-state index < -0.39 is 21.1 Å². The topological polar surface area (TPSA) is 81.1 Å². The van der Waals surface area contributed by atoms with Crippen LogP contribution in [0.2, 0.25) is 0 Å². The molecule has 7 heteroatoms. The van der Waals surface area contributed by atoms with Crippen molar-refractivity contribution in [2.24, 2.45) is 7.05 Å². The summed E-state index contributed by atoms with van der Waals surface area (Å²) in [6, 6.07) is 23.1. The van der Waals surface area contributed by atoms with Crippen LogP contribution in [0, 0.1) is 0 Å². The Morgan fingerprint density at radius 1 is 0.906 bits per heavy atom. The van der Waals surface area contributed by atoms with Crippen LogP contribution in [-0.2, 0) is 16.9 Å². The fraction of sp³-hybridized carbons (Fsp3) is 0.200. The summed E-state index contributed by atoms with van der Waals surface area (Å²) in [5.74, 6) is 0.407. The molecule has 0 saturated heterocycles. The van der Waals surface area contributed by atoms with E-state index in [0.717, 1.165) is 16.6 Å². The highest BCUT2D eigenvalue weighted by molar-refractivity contribution is 7.92. The molecule has 1 unspecified atom stereocenters. The number of amides is 1. The summed E-state index contributed by atoms with van der Waals surface area (Å²) >= 11 is 0. The number of fused-ring (bicyclic) bond motifs is 1. The van der Waals surface area contributed by atoms with Crippen LogP contribution in [0.25, 0.3) is 11.0 Å². The molecular weight excluding hydrogens is 422 g/mol. The van der Waals surface area contributed by atoms with Gasteiger partial charge in [-0.25, -0.2) is 13.4 Å². The van der Waals surface area contributed by atoms with Crippen LogP contribution in [0.15, 0.2) is 83.8 Å². The van der Waals surface area contributed by atoms with E-state index in [4.69, 9.17) is 4.98 Å². The average molecular weight is 448 g/mol. The Morgan fingerprint density at radius 2 is 1.53 bits per heavy atom. The first-order chi connectivity index (χ1) is 15.3. The van der Waals surface area contributed by atoms with Gasteiger partial charge in [-0.05, 0) is 55.8 Å². The van der Waals surface area contributed by atoms with Crippen molar-refractivity contribution in [3.63, 3.8) is 0 Å². The molecule has 0 fully saturated rings. The fourth-order valence-corrected chi connectivity index (χ4v) is 4.71. The fourth-order valence-electron chi connectivity index (χ4n) is 3.65. The zero-order chi connectivity index (χ0) is 22.9. The number of sulfone groups is 1. The van der Waals surface area contributed by atoms with Crippen molar-refractivity contribution >= 4 is 26.8 Å². The molecule has 1 aromatic heterocycles. The SMILES string of the molecule is CC(C)S(=O)(=O)c1ccc(C(=O)NC(c2ccccc2)c2nc3ccccc3n2C)cc1. The zero-order valence-electron chi connectivity index (χ0n) is 18.2. The van der Waals surface area contributed by atoms with Gasteiger partial charge in [0, 0.05) is 12.6 Å². The molecule has 4 rings (SSSR count). The van der Waals surface area contributed by atoms with Crippen molar-refractivity contribution in [2.75, 3.05) is 0 Å². The molecule has 1 amide bonds. The molecule has 164 valence electrons. The van der Waals surface area contributed by atoms with Crippen molar-refractivity contribution in [1.82, 2.24) is 14.9 Å². The predicted molar refractivity (Wildman–Crippen MR) is 125 cm³/mol. The smallest absolute Gasteiger partial charge is 0.252 e. The van der Waals surface area contributed by atoms with E-state index in [-0.39, 0.29) is 10.8 Å². The Balaban J connectivity index is 1.69. The number of para-hydroxylation sites is 2. The van der Waals surface area contributed by atoms with Gasteiger partial charge in [-0.1, -0.05) is 42.5 Å². The van der Waals surface area contributed by atoms with Gasteiger partial charge < -0.3 is 9.88 Å². The molecule has 0 spiro atoms. The van der Waals surface area contributed by atoms with E-state index >= 15 is 0 Å². The number of carbonyl (C=O) groups is 1. The van der Waals surface area contributed by atoms with E-state index in [9.17, 15) is 13.2 Å². The van der Waals surface area contributed by atoms with Crippen LogP contribution in [0.3, 0.4) is 0 Å². The van der Waals surface area contributed by atoms with Crippen molar-refractivity contribution < 1.29 is 13.2 Å². The normalized spacial score (nSPS) is 12.8. The molecule has 0 bridgehead atoms. The summed E-state index contributed by atoms with van der Waals surface area (Å²) in [5.41, 5.74) is 3.11. The lowest BCUT2D eigenvalue weighted by Gasteiger charge is -2.19. The van der Waals surface area contributed by atoms with E-state index in [1.165, 1.54) is 12.1 Å². The minimum Gasteiger partial charge on any atom is -0.338 e. The van der Waals surface area contributed by atoms with E-state index in [0.29, 0.717) is 11.4 Å². The quantitative estimate of drug-likeness (QED) is 0.479. The van der Waals surface area contributed by atoms with Gasteiger partial charge in [0.2, 0.25) is 0 Å². The highest BCUT2D eigenvalue weighted by Gasteiger charge is 2.24. The Labute approximate surface area is 187 Å². The van der Waals surface area contributed by atoms with Crippen molar-refractivity contribution in [2.45, 2.75) is 30.0 Å². The average Bonchev–Trinajstić information content (AvgIpc) is 3.14. The molecule has 1 atom stereocenters. The Kier molecular flexibility index (Phi) is 5.84. The highest BCUT2D eigenvalue weighted by atomic mass is 32.2. The van der Waals surface area contributed by atoms with Gasteiger partial charge in [0.05, 0.1) is 21.2 Å². The number of hydrogen-bond donors (Lipinski definition) is 1. The maximum Gasteiger partial charge on any atom is 0.252 e. The van der Waals surface area contributed by atoms with E-state index in [2.05, 4.69) is 5.32 Å². The van der Waals surface area contributed by atoms with Gasteiger partial charge in [0.15, 0.2) is 9.84 Å². The first kappa shape index (κ1) is 21.8. The molecule has 0 aliphatic heterocycles. The summed E-state index contributed by atoms with van der Waals surface area (Å²) in [7, 11) is -1.46. The van der Waals surface area contributed by atoms with Crippen LogP contribution in [0.1, 0.15) is 41.6 Å². The van der Waals surface area contributed by atoms with E-state index in [1.807, 2.05) is 66.2 Å². The number of hydrogen-bond acceptors (Lipinski definition) is 4. The molecule has 1 N–H and O–H groups in total. The molecule has 0 aliphatic carbocycles. The molecule has 0 radical (unpaired) electrons. The minimum absolute atomic E-state index is 0.207. The lowest BCUT2D eigenvalue weighted by atomic mass is 10.1.